The number of nitrogens with one attached hydrogen (secondary N) is 2. The van der Waals surface area contributed by atoms with Gasteiger partial charge in [-0.2, -0.15) is 0 Å². The van der Waals surface area contributed by atoms with Gasteiger partial charge in [0.15, 0.2) is 0 Å². The molecule has 3 rings (SSSR count). The number of ether oxygens (including phenoxy) is 2. The van der Waals surface area contributed by atoms with E-state index in [0.29, 0.717) is 5.69 Å². The molecule has 2 aromatic carbocycles. The van der Waals surface area contributed by atoms with Crippen molar-refractivity contribution in [1.82, 2.24) is 4.98 Å². The van der Waals surface area contributed by atoms with Crippen LogP contribution in [0.1, 0.15) is 26.3 Å². The van der Waals surface area contributed by atoms with Crippen molar-refractivity contribution >= 4 is 22.7 Å². The van der Waals surface area contributed by atoms with Crippen LogP contribution >= 0.6 is 0 Å². The SMILES string of the molecule is COc1c(C)cc(NC(=O)OC(C)(C)C)cc1-c1c[nH]c2ccccc12. The molecule has 5 heteroatoms. The number of aryl methyl sites for hydroxylation is 1. The largest absolute Gasteiger partial charge is 0.496 e. The van der Waals surface area contributed by atoms with Gasteiger partial charge in [0.1, 0.15) is 11.4 Å². The number of benzene rings is 2. The zero-order chi connectivity index (χ0) is 18.9. The first-order chi connectivity index (χ1) is 12.3. The van der Waals surface area contributed by atoms with E-state index in [9.17, 15) is 4.79 Å². The molecule has 0 aliphatic carbocycles. The number of carbonyl (C=O) groups excluding carboxylic acids is 1. The number of methoxy groups -OCH3 is 1. The summed E-state index contributed by atoms with van der Waals surface area (Å²) in [6, 6.07) is 11.9. The van der Waals surface area contributed by atoms with Crippen molar-refractivity contribution in [3.05, 3.63) is 48.2 Å². The number of carbonyl (C=O) groups is 1. The maximum atomic E-state index is 12.1. The van der Waals surface area contributed by atoms with Gasteiger partial charge in [-0.3, -0.25) is 5.32 Å². The number of amides is 1. The first kappa shape index (κ1) is 17.9. The van der Waals surface area contributed by atoms with Gasteiger partial charge in [0.25, 0.3) is 0 Å². The van der Waals surface area contributed by atoms with Gasteiger partial charge in [0, 0.05) is 33.9 Å². The van der Waals surface area contributed by atoms with E-state index in [4.69, 9.17) is 9.47 Å². The molecule has 2 N–H and O–H groups in total. The second kappa shape index (κ2) is 6.75. The Morgan fingerprint density at radius 2 is 1.85 bits per heavy atom. The molecule has 1 heterocycles. The van der Waals surface area contributed by atoms with E-state index in [1.807, 2.05) is 64.2 Å². The zero-order valence-corrected chi connectivity index (χ0v) is 15.8. The molecule has 0 unspecified atom stereocenters. The van der Waals surface area contributed by atoms with Crippen LogP contribution in [0.4, 0.5) is 10.5 Å². The highest BCUT2D eigenvalue weighted by molar-refractivity contribution is 5.98. The molecule has 0 fully saturated rings. The molecule has 0 aliphatic heterocycles. The number of hydrogen-bond donors (Lipinski definition) is 2. The van der Waals surface area contributed by atoms with Gasteiger partial charge in [-0.15, -0.1) is 0 Å². The van der Waals surface area contributed by atoms with Gasteiger partial charge in [-0.1, -0.05) is 18.2 Å². The molecular formula is C21H24N2O3. The van der Waals surface area contributed by atoms with E-state index in [2.05, 4.69) is 16.4 Å². The average molecular weight is 352 g/mol. The molecule has 0 spiro atoms. The van der Waals surface area contributed by atoms with Crippen LogP contribution < -0.4 is 10.1 Å². The van der Waals surface area contributed by atoms with Gasteiger partial charge in [0.2, 0.25) is 0 Å². The van der Waals surface area contributed by atoms with Gasteiger partial charge in [-0.25, -0.2) is 4.79 Å². The number of anilines is 1. The lowest BCUT2D eigenvalue weighted by Crippen LogP contribution is -2.27. The van der Waals surface area contributed by atoms with Crippen LogP contribution in [0.5, 0.6) is 5.75 Å². The molecule has 136 valence electrons. The van der Waals surface area contributed by atoms with E-state index in [0.717, 1.165) is 33.3 Å². The normalized spacial score (nSPS) is 11.4. The standard InChI is InChI=1S/C21H24N2O3/c1-13-10-14(23-20(24)26-21(2,3)4)11-16(19(13)25-5)17-12-22-18-9-7-6-8-15(17)18/h6-12,22H,1-5H3,(H,23,24). The van der Waals surface area contributed by atoms with Crippen LogP contribution in [-0.2, 0) is 4.74 Å². The van der Waals surface area contributed by atoms with Crippen LogP contribution in [0.25, 0.3) is 22.0 Å². The summed E-state index contributed by atoms with van der Waals surface area (Å²) < 4.78 is 11.0. The van der Waals surface area contributed by atoms with Gasteiger partial charge < -0.3 is 14.5 Å². The second-order valence-corrected chi connectivity index (χ2v) is 7.25. The Labute approximate surface area is 153 Å². The Morgan fingerprint density at radius 3 is 2.54 bits per heavy atom. The van der Waals surface area contributed by atoms with E-state index in [1.54, 1.807) is 7.11 Å². The van der Waals surface area contributed by atoms with E-state index >= 15 is 0 Å². The lowest BCUT2D eigenvalue weighted by Gasteiger charge is -2.20. The third-order valence-electron chi connectivity index (χ3n) is 4.00. The van der Waals surface area contributed by atoms with E-state index in [-0.39, 0.29) is 0 Å². The Balaban J connectivity index is 2.04. The third kappa shape index (κ3) is 3.67. The second-order valence-electron chi connectivity index (χ2n) is 7.25. The van der Waals surface area contributed by atoms with E-state index < -0.39 is 11.7 Å². The maximum Gasteiger partial charge on any atom is 0.412 e. The predicted octanol–water partition coefficient (Wildman–Crippen LogP) is 5.50. The number of H-pyrrole nitrogens is 1. The molecule has 0 radical (unpaired) electrons. The molecule has 0 bridgehead atoms. The molecule has 1 amide bonds. The number of rotatable bonds is 3. The highest BCUT2D eigenvalue weighted by Crippen LogP contribution is 2.39. The van der Waals surface area contributed by atoms with Crippen molar-refractivity contribution in [3.8, 4) is 16.9 Å². The van der Waals surface area contributed by atoms with Gasteiger partial charge in [-0.05, 0) is 51.5 Å². The van der Waals surface area contributed by atoms with Gasteiger partial charge in [0.05, 0.1) is 7.11 Å². The van der Waals surface area contributed by atoms with Crippen molar-refractivity contribution in [1.29, 1.82) is 0 Å². The maximum absolute atomic E-state index is 12.1. The summed E-state index contributed by atoms with van der Waals surface area (Å²) in [4.78, 5) is 15.4. The number of hydrogen-bond acceptors (Lipinski definition) is 3. The summed E-state index contributed by atoms with van der Waals surface area (Å²) in [6.07, 6.45) is 1.48. The van der Waals surface area contributed by atoms with Crippen molar-refractivity contribution in [3.63, 3.8) is 0 Å². The molecular weight excluding hydrogens is 328 g/mol. The van der Waals surface area contributed by atoms with Crippen molar-refractivity contribution < 1.29 is 14.3 Å². The predicted molar refractivity (Wildman–Crippen MR) is 105 cm³/mol. The average Bonchev–Trinajstić information content (AvgIpc) is 2.96. The first-order valence-corrected chi connectivity index (χ1v) is 8.53. The molecule has 26 heavy (non-hydrogen) atoms. The summed E-state index contributed by atoms with van der Waals surface area (Å²) in [7, 11) is 1.65. The number of fused-ring (bicyclic) bond motifs is 1. The zero-order valence-electron chi connectivity index (χ0n) is 15.8. The fourth-order valence-electron chi connectivity index (χ4n) is 3.03. The van der Waals surface area contributed by atoms with Crippen LogP contribution in [0.15, 0.2) is 42.6 Å². The van der Waals surface area contributed by atoms with E-state index in [1.165, 1.54) is 0 Å². The van der Waals surface area contributed by atoms with Crippen molar-refractivity contribution in [2.45, 2.75) is 33.3 Å². The molecule has 0 saturated heterocycles. The molecule has 0 saturated carbocycles. The lowest BCUT2D eigenvalue weighted by molar-refractivity contribution is 0.0636. The quantitative estimate of drug-likeness (QED) is 0.654. The minimum atomic E-state index is -0.550. The molecule has 3 aromatic rings. The fourth-order valence-corrected chi connectivity index (χ4v) is 3.03. The number of para-hydroxylation sites is 1. The Kier molecular flexibility index (Phi) is 4.64. The first-order valence-electron chi connectivity index (χ1n) is 8.53. The minimum Gasteiger partial charge on any atom is -0.496 e. The van der Waals surface area contributed by atoms with Crippen LogP contribution in [0, 0.1) is 6.92 Å². The van der Waals surface area contributed by atoms with Crippen molar-refractivity contribution in [2.24, 2.45) is 0 Å². The van der Waals surface area contributed by atoms with Crippen molar-refractivity contribution in [2.75, 3.05) is 12.4 Å². The summed E-state index contributed by atoms with van der Waals surface area (Å²) in [5.74, 6) is 0.782. The highest BCUT2D eigenvalue weighted by atomic mass is 16.6. The minimum absolute atomic E-state index is 0.480. The van der Waals surface area contributed by atoms with Crippen LogP contribution in [-0.4, -0.2) is 23.8 Å². The molecule has 1 aromatic heterocycles. The number of aromatic nitrogens is 1. The lowest BCUT2D eigenvalue weighted by atomic mass is 10.00. The number of aromatic amines is 1. The summed E-state index contributed by atoms with van der Waals surface area (Å²) in [5, 5.41) is 3.91. The topological polar surface area (TPSA) is 63.4 Å². The van der Waals surface area contributed by atoms with Gasteiger partial charge >= 0.3 is 6.09 Å². The Morgan fingerprint density at radius 1 is 1.12 bits per heavy atom. The summed E-state index contributed by atoms with van der Waals surface area (Å²) in [5.41, 5.74) is 4.03. The van der Waals surface area contributed by atoms with Crippen LogP contribution in [0.2, 0.25) is 0 Å². The smallest absolute Gasteiger partial charge is 0.412 e. The monoisotopic (exact) mass is 352 g/mol. The van der Waals surface area contributed by atoms with Crippen LogP contribution in [0.3, 0.4) is 0 Å². The molecule has 5 nitrogen and oxygen atoms in total. The fraction of sp³-hybridized carbons (Fsp3) is 0.286. The molecule has 0 atom stereocenters. The Bertz CT molecular complexity index is 952. The molecule has 0 aliphatic rings. The third-order valence-corrected chi connectivity index (χ3v) is 4.00. The highest BCUT2D eigenvalue weighted by Gasteiger charge is 2.19. The summed E-state index contributed by atoms with van der Waals surface area (Å²) in [6.45, 7) is 7.47. The summed E-state index contributed by atoms with van der Waals surface area (Å²) >= 11 is 0. The Hall–Kier alpha value is -2.95.